The molecule has 2 aromatic rings. The second-order valence-corrected chi connectivity index (χ2v) is 6.61. The Balaban J connectivity index is 2.21. The van der Waals surface area contributed by atoms with Gasteiger partial charge in [-0.2, -0.15) is 5.26 Å². The molecule has 24 heavy (non-hydrogen) atoms. The summed E-state index contributed by atoms with van der Waals surface area (Å²) in [6.45, 7) is 2.12. The van der Waals surface area contributed by atoms with E-state index in [4.69, 9.17) is 10.00 Å². The van der Waals surface area contributed by atoms with Crippen LogP contribution in [-0.2, 0) is 15.8 Å². The normalized spacial score (nSPS) is 10.7. The Morgan fingerprint density at radius 1 is 1.17 bits per heavy atom. The molecule has 2 rings (SSSR count). The van der Waals surface area contributed by atoms with E-state index < -0.39 is 21.7 Å². The van der Waals surface area contributed by atoms with Crippen LogP contribution in [0.1, 0.15) is 28.4 Å². The van der Waals surface area contributed by atoms with Gasteiger partial charge in [0.1, 0.15) is 5.75 Å². The third-order valence-electron chi connectivity index (χ3n) is 3.16. The molecule has 0 aliphatic rings. The molecule has 0 aliphatic carbocycles. The lowest BCUT2D eigenvalue weighted by Crippen LogP contribution is -2.32. The van der Waals surface area contributed by atoms with Crippen LogP contribution in [0.15, 0.2) is 48.5 Å². The SMILES string of the molecule is CCOc1ccccc1C(=O)NS(=O)(=O)Cc1ccccc1C#N. The molecule has 6 nitrogen and oxygen atoms in total. The average molecular weight is 344 g/mol. The van der Waals surface area contributed by atoms with Crippen LogP contribution >= 0.6 is 0 Å². The van der Waals surface area contributed by atoms with Crippen molar-refractivity contribution in [2.75, 3.05) is 6.61 Å². The van der Waals surface area contributed by atoms with Gasteiger partial charge in [0, 0.05) is 0 Å². The van der Waals surface area contributed by atoms with Gasteiger partial charge in [-0.15, -0.1) is 0 Å². The van der Waals surface area contributed by atoms with E-state index >= 15 is 0 Å². The van der Waals surface area contributed by atoms with Gasteiger partial charge in [0.15, 0.2) is 0 Å². The van der Waals surface area contributed by atoms with Crippen LogP contribution in [0.3, 0.4) is 0 Å². The number of sulfonamides is 1. The summed E-state index contributed by atoms with van der Waals surface area (Å²) in [5, 5.41) is 9.02. The first-order valence-electron chi connectivity index (χ1n) is 7.21. The maximum atomic E-state index is 12.3. The van der Waals surface area contributed by atoms with E-state index in [1.807, 2.05) is 10.8 Å². The van der Waals surface area contributed by atoms with Crippen LogP contribution in [0, 0.1) is 11.3 Å². The Labute approximate surface area is 140 Å². The van der Waals surface area contributed by atoms with E-state index in [9.17, 15) is 13.2 Å². The third-order valence-corrected chi connectivity index (χ3v) is 4.35. The lowest BCUT2D eigenvalue weighted by atomic mass is 10.1. The van der Waals surface area contributed by atoms with E-state index in [-0.39, 0.29) is 11.1 Å². The number of carbonyl (C=O) groups excluding carboxylic acids is 1. The van der Waals surface area contributed by atoms with Crippen molar-refractivity contribution in [3.05, 3.63) is 65.2 Å². The Morgan fingerprint density at radius 2 is 1.83 bits per heavy atom. The molecule has 124 valence electrons. The van der Waals surface area contributed by atoms with Gasteiger partial charge in [-0.25, -0.2) is 13.1 Å². The Bertz CT molecular complexity index is 885. The summed E-state index contributed by atoms with van der Waals surface area (Å²) in [4.78, 5) is 12.3. The van der Waals surface area contributed by atoms with E-state index in [1.54, 1.807) is 37.3 Å². The highest BCUT2D eigenvalue weighted by Crippen LogP contribution is 2.18. The van der Waals surface area contributed by atoms with Crippen molar-refractivity contribution in [3.63, 3.8) is 0 Å². The summed E-state index contributed by atoms with van der Waals surface area (Å²) < 4.78 is 31.8. The number of benzene rings is 2. The molecule has 0 spiro atoms. The van der Waals surface area contributed by atoms with Crippen LogP contribution < -0.4 is 9.46 Å². The Morgan fingerprint density at radius 3 is 2.54 bits per heavy atom. The zero-order chi connectivity index (χ0) is 17.6. The van der Waals surface area contributed by atoms with Gasteiger partial charge in [0.05, 0.1) is 29.6 Å². The standard InChI is InChI=1S/C17H16N2O4S/c1-2-23-16-10-6-5-9-15(16)17(20)19-24(21,22)12-14-8-4-3-7-13(14)11-18/h3-10H,2,12H2,1H3,(H,19,20). The van der Waals surface area contributed by atoms with Gasteiger partial charge in [-0.05, 0) is 30.7 Å². The maximum absolute atomic E-state index is 12.3. The van der Waals surface area contributed by atoms with Crippen molar-refractivity contribution >= 4 is 15.9 Å². The van der Waals surface area contributed by atoms with Gasteiger partial charge in [-0.1, -0.05) is 30.3 Å². The zero-order valence-electron chi connectivity index (χ0n) is 13.0. The fourth-order valence-corrected chi connectivity index (χ4v) is 3.25. The molecule has 0 saturated heterocycles. The van der Waals surface area contributed by atoms with Crippen molar-refractivity contribution in [2.24, 2.45) is 0 Å². The first-order valence-corrected chi connectivity index (χ1v) is 8.86. The largest absolute Gasteiger partial charge is 0.493 e. The smallest absolute Gasteiger partial charge is 0.268 e. The van der Waals surface area contributed by atoms with E-state index in [1.165, 1.54) is 18.2 Å². The predicted molar refractivity (Wildman–Crippen MR) is 88.9 cm³/mol. The quantitative estimate of drug-likeness (QED) is 0.867. The molecular formula is C17H16N2O4S. The lowest BCUT2D eigenvalue weighted by molar-refractivity contribution is 0.0977. The summed E-state index contributed by atoms with van der Waals surface area (Å²) in [7, 11) is -3.95. The lowest BCUT2D eigenvalue weighted by Gasteiger charge is -2.11. The Hall–Kier alpha value is -2.85. The highest BCUT2D eigenvalue weighted by atomic mass is 32.2. The first kappa shape index (κ1) is 17.5. The number of para-hydroxylation sites is 1. The number of ether oxygens (including phenoxy) is 1. The zero-order valence-corrected chi connectivity index (χ0v) is 13.8. The van der Waals surface area contributed by atoms with Crippen LogP contribution in [0.2, 0.25) is 0 Å². The third kappa shape index (κ3) is 4.33. The summed E-state index contributed by atoms with van der Waals surface area (Å²) >= 11 is 0. The molecule has 0 saturated carbocycles. The van der Waals surface area contributed by atoms with Gasteiger partial charge < -0.3 is 4.74 Å². The molecule has 2 aromatic carbocycles. The summed E-state index contributed by atoms with van der Waals surface area (Å²) in [5.74, 6) is -0.919. The minimum atomic E-state index is -3.95. The number of carbonyl (C=O) groups is 1. The number of hydrogen-bond donors (Lipinski definition) is 1. The fourth-order valence-electron chi connectivity index (χ4n) is 2.13. The fraction of sp³-hybridized carbons (Fsp3) is 0.176. The number of amides is 1. The van der Waals surface area contributed by atoms with Crippen molar-refractivity contribution in [1.82, 2.24) is 4.72 Å². The molecule has 0 fully saturated rings. The molecule has 0 unspecified atom stereocenters. The van der Waals surface area contributed by atoms with Crippen LogP contribution in [-0.4, -0.2) is 20.9 Å². The molecule has 0 aliphatic heterocycles. The van der Waals surface area contributed by atoms with Gasteiger partial charge >= 0.3 is 0 Å². The number of nitrogens with one attached hydrogen (secondary N) is 1. The molecule has 0 atom stereocenters. The number of nitriles is 1. The molecule has 1 N–H and O–H groups in total. The highest BCUT2D eigenvalue weighted by Gasteiger charge is 2.20. The van der Waals surface area contributed by atoms with E-state index in [2.05, 4.69) is 0 Å². The number of nitrogens with zero attached hydrogens (tertiary/aromatic N) is 1. The Kier molecular flexibility index (Phi) is 5.55. The maximum Gasteiger partial charge on any atom is 0.268 e. The van der Waals surface area contributed by atoms with Gasteiger partial charge in [-0.3, -0.25) is 4.79 Å². The van der Waals surface area contributed by atoms with Crippen molar-refractivity contribution in [3.8, 4) is 11.8 Å². The monoisotopic (exact) mass is 344 g/mol. The van der Waals surface area contributed by atoms with Gasteiger partial charge in [0.25, 0.3) is 5.91 Å². The number of hydrogen-bond acceptors (Lipinski definition) is 5. The second-order valence-electron chi connectivity index (χ2n) is 4.89. The average Bonchev–Trinajstić information content (AvgIpc) is 2.55. The minimum Gasteiger partial charge on any atom is -0.493 e. The molecular weight excluding hydrogens is 328 g/mol. The highest BCUT2D eigenvalue weighted by molar-refractivity contribution is 7.89. The van der Waals surface area contributed by atoms with E-state index in [0.29, 0.717) is 17.9 Å². The molecule has 0 radical (unpaired) electrons. The van der Waals surface area contributed by atoms with Crippen molar-refractivity contribution in [1.29, 1.82) is 5.26 Å². The first-order chi connectivity index (χ1) is 11.5. The van der Waals surface area contributed by atoms with Crippen LogP contribution in [0.5, 0.6) is 5.75 Å². The molecule has 1 amide bonds. The molecule has 7 heteroatoms. The topological polar surface area (TPSA) is 96.3 Å². The van der Waals surface area contributed by atoms with Gasteiger partial charge in [0.2, 0.25) is 10.0 Å². The van der Waals surface area contributed by atoms with Crippen molar-refractivity contribution < 1.29 is 17.9 Å². The van der Waals surface area contributed by atoms with E-state index in [0.717, 1.165) is 0 Å². The van der Waals surface area contributed by atoms with Crippen LogP contribution in [0.4, 0.5) is 0 Å². The molecule has 0 heterocycles. The van der Waals surface area contributed by atoms with Crippen LogP contribution in [0.25, 0.3) is 0 Å². The minimum absolute atomic E-state index is 0.136. The predicted octanol–water partition coefficient (Wildman–Crippen LogP) is 2.22. The number of rotatable bonds is 6. The molecule has 0 bridgehead atoms. The van der Waals surface area contributed by atoms with Crippen molar-refractivity contribution in [2.45, 2.75) is 12.7 Å². The summed E-state index contributed by atoms with van der Waals surface area (Å²) in [6.07, 6.45) is 0. The molecule has 0 aromatic heterocycles. The summed E-state index contributed by atoms with van der Waals surface area (Å²) in [6, 6.07) is 14.7. The summed E-state index contributed by atoms with van der Waals surface area (Å²) in [5.41, 5.74) is 0.722. The second kappa shape index (κ2) is 7.62.